The number of furan rings is 1. The van der Waals surface area contributed by atoms with Gasteiger partial charge in [0.1, 0.15) is 11.3 Å². The van der Waals surface area contributed by atoms with Crippen molar-refractivity contribution in [3.63, 3.8) is 0 Å². The van der Waals surface area contributed by atoms with Gasteiger partial charge in [0.2, 0.25) is 0 Å². The van der Waals surface area contributed by atoms with E-state index >= 15 is 0 Å². The van der Waals surface area contributed by atoms with E-state index in [4.69, 9.17) is 4.42 Å². The van der Waals surface area contributed by atoms with Gasteiger partial charge in [-0.3, -0.25) is 14.9 Å². The number of urea groups is 1. The van der Waals surface area contributed by atoms with Crippen molar-refractivity contribution >= 4 is 51.4 Å². The van der Waals surface area contributed by atoms with Crippen LogP contribution in [0.15, 0.2) is 50.9 Å². The molecule has 2 aliphatic heterocycles. The summed E-state index contributed by atoms with van der Waals surface area (Å²) in [4.78, 5) is 40.4. The van der Waals surface area contributed by atoms with Crippen LogP contribution in [0.3, 0.4) is 0 Å². The third-order valence-corrected chi connectivity index (χ3v) is 5.28. The van der Waals surface area contributed by atoms with E-state index in [0.29, 0.717) is 11.4 Å². The van der Waals surface area contributed by atoms with Crippen molar-refractivity contribution < 1.29 is 18.8 Å². The van der Waals surface area contributed by atoms with Crippen LogP contribution in [0.25, 0.3) is 6.08 Å². The van der Waals surface area contributed by atoms with Crippen LogP contribution < -0.4 is 15.1 Å². The number of halogens is 1. The number of imide groups is 2. The zero-order valence-electron chi connectivity index (χ0n) is 15.0. The third kappa shape index (κ3) is 3.60. The molecule has 0 radical (unpaired) electrons. The topological polar surface area (TPSA) is 82.9 Å². The number of carbonyl (C=O) groups is 3. The van der Waals surface area contributed by atoms with Crippen molar-refractivity contribution in [1.29, 1.82) is 0 Å². The quantitative estimate of drug-likeness (QED) is 0.577. The number of carbonyl (C=O) groups excluding carboxylic acids is 3. The van der Waals surface area contributed by atoms with Gasteiger partial charge in [0, 0.05) is 23.6 Å². The lowest BCUT2D eigenvalue weighted by Gasteiger charge is -2.26. The summed E-state index contributed by atoms with van der Waals surface area (Å²) in [5.41, 5.74) is 0.222. The van der Waals surface area contributed by atoms with E-state index in [1.54, 1.807) is 30.3 Å². The Kier molecular flexibility index (Phi) is 5.04. The number of piperidine rings is 1. The van der Waals surface area contributed by atoms with E-state index < -0.39 is 17.8 Å². The van der Waals surface area contributed by atoms with Gasteiger partial charge in [-0.05, 0) is 55.7 Å². The zero-order valence-corrected chi connectivity index (χ0v) is 16.6. The maximum absolute atomic E-state index is 12.9. The average molecular weight is 444 g/mol. The van der Waals surface area contributed by atoms with E-state index in [1.165, 1.54) is 12.5 Å². The second-order valence-electron chi connectivity index (χ2n) is 6.66. The van der Waals surface area contributed by atoms with Crippen LogP contribution in [0.1, 0.15) is 25.0 Å². The Labute approximate surface area is 170 Å². The Morgan fingerprint density at radius 1 is 0.964 bits per heavy atom. The van der Waals surface area contributed by atoms with Crippen LogP contribution in [0.2, 0.25) is 0 Å². The highest BCUT2D eigenvalue weighted by Crippen LogP contribution is 2.26. The maximum atomic E-state index is 12.9. The number of nitrogens with one attached hydrogen (secondary N) is 1. The van der Waals surface area contributed by atoms with Crippen molar-refractivity contribution in [3.8, 4) is 0 Å². The second-order valence-corrected chi connectivity index (χ2v) is 7.57. The highest BCUT2D eigenvalue weighted by atomic mass is 79.9. The molecular formula is C20H18BrN3O4. The molecule has 28 heavy (non-hydrogen) atoms. The number of hydrogen-bond acceptors (Lipinski definition) is 5. The normalized spacial score (nSPS) is 19.3. The number of amides is 4. The fourth-order valence-corrected chi connectivity index (χ4v) is 3.59. The van der Waals surface area contributed by atoms with Gasteiger partial charge in [-0.1, -0.05) is 15.9 Å². The molecule has 2 aromatic rings. The van der Waals surface area contributed by atoms with Crippen LogP contribution in [0, 0.1) is 0 Å². The van der Waals surface area contributed by atoms with E-state index in [2.05, 4.69) is 26.1 Å². The van der Waals surface area contributed by atoms with Crippen molar-refractivity contribution in [2.75, 3.05) is 22.9 Å². The molecule has 0 unspecified atom stereocenters. The van der Waals surface area contributed by atoms with Gasteiger partial charge in [-0.15, -0.1) is 0 Å². The van der Waals surface area contributed by atoms with Crippen LogP contribution in [0.4, 0.5) is 16.4 Å². The van der Waals surface area contributed by atoms with E-state index in [0.717, 1.165) is 41.2 Å². The summed E-state index contributed by atoms with van der Waals surface area (Å²) >= 11 is 3.31. The predicted molar refractivity (Wildman–Crippen MR) is 108 cm³/mol. The number of rotatable bonds is 3. The van der Waals surface area contributed by atoms with Crippen molar-refractivity contribution in [1.82, 2.24) is 5.32 Å². The molecule has 1 aromatic carbocycles. The largest absolute Gasteiger partial charge is 0.441 e. The van der Waals surface area contributed by atoms with Gasteiger partial charge in [0.25, 0.3) is 11.8 Å². The predicted octanol–water partition coefficient (Wildman–Crippen LogP) is 3.70. The summed E-state index contributed by atoms with van der Waals surface area (Å²) < 4.78 is 6.63. The number of anilines is 2. The summed E-state index contributed by atoms with van der Waals surface area (Å²) in [6.07, 6.45) is 4.82. The first-order valence-corrected chi connectivity index (χ1v) is 9.84. The fraction of sp³-hybridized carbons (Fsp3) is 0.250. The van der Waals surface area contributed by atoms with Gasteiger partial charge in [-0.25, -0.2) is 9.69 Å². The Morgan fingerprint density at radius 2 is 1.68 bits per heavy atom. The number of hydrogen-bond donors (Lipinski definition) is 1. The summed E-state index contributed by atoms with van der Waals surface area (Å²) in [6.45, 7) is 1.85. The zero-order chi connectivity index (χ0) is 19.7. The maximum Gasteiger partial charge on any atom is 0.335 e. The van der Waals surface area contributed by atoms with Gasteiger partial charge in [0.15, 0.2) is 5.88 Å². The molecule has 8 heteroatoms. The molecule has 1 aromatic heterocycles. The standard InChI is InChI=1S/C20H18BrN3O4/c21-13-4-6-14(7-5-13)24-19(26)16(18(25)22-20(24)27)12-15-8-9-17(28-15)23-10-2-1-3-11-23/h4-9,12H,1-3,10-11H2,(H,22,25,27)/b16-12-. The number of barbiturate groups is 1. The molecule has 0 aliphatic carbocycles. The molecule has 144 valence electrons. The monoisotopic (exact) mass is 443 g/mol. The van der Waals surface area contributed by atoms with Crippen LogP contribution in [0.5, 0.6) is 0 Å². The first-order chi connectivity index (χ1) is 13.5. The summed E-state index contributed by atoms with van der Waals surface area (Å²) in [7, 11) is 0. The van der Waals surface area contributed by atoms with E-state index in [1.807, 2.05) is 6.07 Å². The third-order valence-electron chi connectivity index (χ3n) is 4.75. The molecule has 2 aliphatic rings. The lowest BCUT2D eigenvalue weighted by Crippen LogP contribution is -2.54. The minimum absolute atomic E-state index is 0.151. The Hall–Kier alpha value is -2.87. The first kappa shape index (κ1) is 18.5. The van der Waals surface area contributed by atoms with Gasteiger partial charge in [0.05, 0.1) is 5.69 Å². The molecule has 0 bridgehead atoms. The molecule has 4 amide bonds. The molecule has 2 saturated heterocycles. The minimum atomic E-state index is -0.775. The van der Waals surface area contributed by atoms with Crippen LogP contribution in [-0.2, 0) is 9.59 Å². The lowest BCUT2D eigenvalue weighted by atomic mass is 10.1. The highest BCUT2D eigenvalue weighted by Gasteiger charge is 2.37. The Morgan fingerprint density at radius 3 is 2.39 bits per heavy atom. The molecule has 0 atom stereocenters. The van der Waals surface area contributed by atoms with Crippen molar-refractivity contribution in [2.24, 2.45) is 0 Å². The van der Waals surface area contributed by atoms with Crippen LogP contribution in [-0.4, -0.2) is 30.9 Å². The Balaban J connectivity index is 1.61. The number of nitrogens with zero attached hydrogens (tertiary/aromatic N) is 2. The van der Waals surface area contributed by atoms with Gasteiger partial charge >= 0.3 is 6.03 Å². The summed E-state index contributed by atoms with van der Waals surface area (Å²) in [5, 5.41) is 2.21. The minimum Gasteiger partial charge on any atom is -0.441 e. The Bertz CT molecular complexity index is 958. The summed E-state index contributed by atoms with van der Waals surface area (Å²) in [6, 6.07) is 9.45. The van der Waals surface area contributed by atoms with Crippen molar-refractivity contribution in [2.45, 2.75) is 19.3 Å². The van der Waals surface area contributed by atoms with Crippen molar-refractivity contribution in [3.05, 3.63) is 52.2 Å². The van der Waals surface area contributed by atoms with Gasteiger partial charge in [-0.2, -0.15) is 0 Å². The first-order valence-electron chi connectivity index (χ1n) is 9.05. The fourth-order valence-electron chi connectivity index (χ4n) is 3.33. The average Bonchev–Trinajstić information content (AvgIpc) is 3.16. The SMILES string of the molecule is O=C1NC(=O)N(c2ccc(Br)cc2)C(=O)/C1=C\c1ccc(N2CCCCC2)o1. The molecule has 0 saturated carbocycles. The second kappa shape index (κ2) is 7.63. The molecule has 2 fully saturated rings. The smallest absolute Gasteiger partial charge is 0.335 e. The summed E-state index contributed by atoms with van der Waals surface area (Å²) in [5.74, 6) is -0.313. The highest BCUT2D eigenvalue weighted by molar-refractivity contribution is 9.10. The molecule has 0 spiro atoms. The molecular weight excluding hydrogens is 426 g/mol. The molecule has 1 N–H and O–H groups in total. The molecule has 4 rings (SSSR count). The van der Waals surface area contributed by atoms with Gasteiger partial charge < -0.3 is 9.32 Å². The number of benzene rings is 1. The lowest BCUT2D eigenvalue weighted by molar-refractivity contribution is -0.122. The molecule has 7 nitrogen and oxygen atoms in total. The van der Waals surface area contributed by atoms with E-state index in [9.17, 15) is 14.4 Å². The molecule has 3 heterocycles. The van der Waals surface area contributed by atoms with E-state index in [-0.39, 0.29) is 5.57 Å². The van der Waals surface area contributed by atoms with Crippen LogP contribution >= 0.6 is 15.9 Å².